The number of allylic oxidation sites excluding steroid dienone is 7. The van der Waals surface area contributed by atoms with Gasteiger partial charge >= 0.3 is 26.2 Å². The van der Waals surface area contributed by atoms with Gasteiger partial charge in [0.2, 0.25) is 0 Å². The molecule has 0 amide bonds. The molecule has 2 aliphatic carbocycles. The van der Waals surface area contributed by atoms with E-state index in [1.165, 1.54) is 0 Å². The second kappa shape index (κ2) is 12.4. The fraction of sp³-hybridized carbons (Fsp3) is 0.364. The molecule has 0 atom stereocenters. The summed E-state index contributed by atoms with van der Waals surface area (Å²) < 4.78 is 34.3. The van der Waals surface area contributed by atoms with Gasteiger partial charge < -0.3 is 24.8 Å². The summed E-state index contributed by atoms with van der Waals surface area (Å²) >= 11 is 0. The fourth-order valence-electron chi connectivity index (χ4n) is 3.59. The second-order valence-electron chi connectivity index (χ2n) is 6.81. The molecule has 0 heterocycles. The molecule has 7 heteroatoms. The van der Waals surface area contributed by atoms with Crippen molar-refractivity contribution >= 4 is 15.7 Å². The molecule has 1 aromatic carbocycles. The van der Waals surface area contributed by atoms with Gasteiger partial charge in [0.1, 0.15) is 0 Å². The topological polar surface area (TPSA) is 54.4 Å². The van der Waals surface area contributed by atoms with E-state index in [0.29, 0.717) is 17.6 Å². The first-order valence-electron chi connectivity index (χ1n) is 9.33. The second-order valence-corrected chi connectivity index (χ2v) is 8.17. The van der Waals surface area contributed by atoms with Crippen molar-refractivity contribution in [2.45, 2.75) is 52.4 Å². The standard InChI is InChI=1S/C22H25O3S.2ClH.Zr/c1-3-5-10-17-14-19(16-12-8-7-9-13-16)20-15-18(11-6-4-2)22(21(17)20)26(23,24)25;;;/h7-9,12-14H,3-6,10-11H2,1-2H3,(H,23,24,25);2*1H;/q-1;;;+3/p-2. The normalized spacial score (nSPS) is 15.1. The Morgan fingerprint density at radius 2 is 1.55 bits per heavy atom. The molecule has 0 bridgehead atoms. The maximum absolute atomic E-state index is 12.2. The van der Waals surface area contributed by atoms with E-state index in [1.807, 2.05) is 30.3 Å². The average Bonchev–Trinajstić information content (AvgIpc) is 3.15. The van der Waals surface area contributed by atoms with E-state index >= 15 is 0 Å². The molecule has 0 aromatic heterocycles. The quantitative estimate of drug-likeness (QED) is 0.369. The maximum atomic E-state index is 12.2. The predicted molar refractivity (Wildman–Crippen MR) is 106 cm³/mol. The van der Waals surface area contributed by atoms with Crippen LogP contribution in [0.2, 0.25) is 0 Å². The summed E-state index contributed by atoms with van der Waals surface area (Å²) in [4.78, 5) is 0.0780. The van der Waals surface area contributed by atoms with Crippen molar-refractivity contribution < 1.29 is 64.0 Å². The van der Waals surface area contributed by atoms with Gasteiger partial charge in [0.05, 0.1) is 0 Å². The zero-order valence-electron chi connectivity index (χ0n) is 16.6. The van der Waals surface area contributed by atoms with Crippen LogP contribution in [0.25, 0.3) is 5.57 Å². The van der Waals surface area contributed by atoms with Crippen LogP contribution in [0.3, 0.4) is 0 Å². The number of halogens is 2. The molecule has 3 rings (SSSR count). The minimum Gasteiger partial charge on any atom is -1.00 e. The molecular formula is C22H25Cl2O3SZr. The molecule has 29 heavy (non-hydrogen) atoms. The molecule has 1 aromatic rings. The molecule has 0 aliphatic heterocycles. The van der Waals surface area contributed by atoms with E-state index in [4.69, 9.17) is 0 Å². The van der Waals surface area contributed by atoms with Crippen LogP contribution in [0.15, 0.2) is 63.6 Å². The van der Waals surface area contributed by atoms with Crippen LogP contribution in [0.4, 0.5) is 0 Å². The number of hydrogen-bond donors (Lipinski definition) is 1. The minimum atomic E-state index is -4.29. The van der Waals surface area contributed by atoms with Gasteiger partial charge in [-0.2, -0.15) is 0 Å². The predicted octanol–water partition coefficient (Wildman–Crippen LogP) is -0.349. The molecule has 1 N–H and O–H groups in total. The van der Waals surface area contributed by atoms with E-state index in [2.05, 4.69) is 26.0 Å². The van der Waals surface area contributed by atoms with Gasteiger partial charge in [-0.05, 0) is 17.7 Å². The van der Waals surface area contributed by atoms with Crippen LogP contribution in [-0.2, 0) is 36.3 Å². The van der Waals surface area contributed by atoms with Crippen LogP contribution in [0, 0.1) is 6.08 Å². The molecule has 155 valence electrons. The Hall–Kier alpha value is -0.447. The summed E-state index contributed by atoms with van der Waals surface area (Å²) in [5.74, 6) is 0. The van der Waals surface area contributed by atoms with Crippen LogP contribution in [0.1, 0.15) is 57.9 Å². The molecular weight excluding hydrogens is 506 g/mol. The molecule has 2 aliphatic rings. The smallest absolute Gasteiger partial charge is 1.00 e. The molecule has 1 radical (unpaired) electrons. The number of hydrogen-bond acceptors (Lipinski definition) is 2. The van der Waals surface area contributed by atoms with E-state index in [-0.39, 0.29) is 55.9 Å². The van der Waals surface area contributed by atoms with Gasteiger partial charge in [0.15, 0.2) is 0 Å². The van der Waals surface area contributed by atoms with Crippen molar-refractivity contribution in [1.29, 1.82) is 0 Å². The van der Waals surface area contributed by atoms with Gasteiger partial charge in [-0.15, -0.1) is 28.9 Å². The Morgan fingerprint density at radius 1 is 0.966 bits per heavy atom. The third kappa shape index (κ3) is 6.27. The zero-order chi connectivity index (χ0) is 18.7. The summed E-state index contributed by atoms with van der Waals surface area (Å²) in [5, 5.41) is 0. The van der Waals surface area contributed by atoms with Crippen molar-refractivity contribution in [2.24, 2.45) is 0 Å². The van der Waals surface area contributed by atoms with Gasteiger partial charge in [0, 0.05) is 0 Å². The summed E-state index contributed by atoms with van der Waals surface area (Å²) in [6.07, 6.45) is 10.7. The first kappa shape index (κ1) is 28.6. The maximum Gasteiger partial charge on any atom is 3.00 e. The van der Waals surface area contributed by atoms with Gasteiger partial charge in [-0.1, -0.05) is 86.6 Å². The number of fused-ring (bicyclic) bond motifs is 1. The molecule has 0 fully saturated rings. The van der Waals surface area contributed by atoms with Crippen molar-refractivity contribution in [3.63, 3.8) is 0 Å². The first-order chi connectivity index (χ1) is 12.5. The summed E-state index contributed by atoms with van der Waals surface area (Å²) in [6, 6.07) is 9.97. The van der Waals surface area contributed by atoms with Gasteiger partial charge in [-0.25, -0.2) is 8.42 Å². The fourth-order valence-corrected chi connectivity index (χ4v) is 4.54. The Labute approximate surface area is 206 Å². The third-order valence-corrected chi connectivity index (χ3v) is 5.83. The molecule has 0 saturated carbocycles. The van der Waals surface area contributed by atoms with E-state index in [9.17, 15) is 13.0 Å². The Bertz CT molecular complexity index is 930. The van der Waals surface area contributed by atoms with Gasteiger partial charge in [0.25, 0.3) is 10.1 Å². The number of unbranched alkanes of at least 4 members (excludes halogenated alkanes) is 2. The first-order valence-corrected chi connectivity index (χ1v) is 10.8. The minimum absolute atomic E-state index is 0. The Kier molecular flexibility index (Phi) is 12.2. The Balaban J connectivity index is 0.00000261. The van der Waals surface area contributed by atoms with Crippen molar-refractivity contribution in [3.8, 4) is 0 Å². The SMILES string of the molecule is CCCCC1=C(S(=O)(=O)O)C2=C(CCCC)C=C(c3ccccc3)C2=[C-]1.[Cl-].[Cl-].[Zr+3]. The monoisotopic (exact) mass is 529 g/mol. The van der Waals surface area contributed by atoms with Crippen LogP contribution in [0.5, 0.6) is 0 Å². The Morgan fingerprint density at radius 3 is 2.10 bits per heavy atom. The molecule has 0 saturated heterocycles. The van der Waals surface area contributed by atoms with E-state index in [1.54, 1.807) is 0 Å². The van der Waals surface area contributed by atoms with Crippen molar-refractivity contribution in [1.82, 2.24) is 0 Å². The summed E-state index contributed by atoms with van der Waals surface area (Å²) in [5.41, 5.74) is 5.15. The van der Waals surface area contributed by atoms with Crippen LogP contribution < -0.4 is 24.8 Å². The average molecular weight is 532 g/mol. The van der Waals surface area contributed by atoms with Crippen molar-refractivity contribution in [2.75, 3.05) is 0 Å². The number of rotatable bonds is 8. The summed E-state index contributed by atoms with van der Waals surface area (Å²) in [7, 11) is -4.29. The van der Waals surface area contributed by atoms with E-state index < -0.39 is 10.1 Å². The van der Waals surface area contributed by atoms with Crippen LogP contribution >= 0.6 is 0 Å². The van der Waals surface area contributed by atoms with Gasteiger partial charge in [-0.3, -0.25) is 4.55 Å². The molecule has 0 spiro atoms. The molecule has 0 unspecified atom stereocenters. The summed E-state index contributed by atoms with van der Waals surface area (Å²) in [6.45, 7) is 4.18. The van der Waals surface area contributed by atoms with E-state index in [0.717, 1.165) is 54.4 Å². The van der Waals surface area contributed by atoms with Crippen LogP contribution in [-0.4, -0.2) is 13.0 Å². The largest absolute Gasteiger partial charge is 3.00 e. The van der Waals surface area contributed by atoms with Crippen molar-refractivity contribution in [3.05, 3.63) is 75.2 Å². The third-order valence-electron chi connectivity index (χ3n) is 4.86. The number of benzene rings is 1. The zero-order valence-corrected chi connectivity index (χ0v) is 21.4. The molecule has 3 nitrogen and oxygen atoms in total.